The first-order valence-corrected chi connectivity index (χ1v) is 8.81. The van der Waals surface area contributed by atoms with Crippen LogP contribution in [0, 0.1) is 5.41 Å². The first-order valence-electron chi connectivity index (χ1n) is 7.24. The third kappa shape index (κ3) is 6.52. The fourth-order valence-electron chi connectivity index (χ4n) is 2.74. The maximum atomic E-state index is 6.58. The molecule has 1 aliphatic carbocycles. The van der Waals surface area contributed by atoms with Crippen molar-refractivity contribution in [1.29, 1.82) is 0 Å². The molecule has 1 nitrogen and oxygen atoms in total. The molecule has 0 spiro atoms. The van der Waals surface area contributed by atoms with Crippen LogP contribution in [-0.2, 0) is 0 Å². The molecule has 0 unspecified atom stereocenters. The van der Waals surface area contributed by atoms with Gasteiger partial charge >= 0.3 is 0 Å². The van der Waals surface area contributed by atoms with E-state index < -0.39 is 0 Å². The van der Waals surface area contributed by atoms with Crippen molar-refractivity contribution in [2.24, 2.45) is 10.4 Å². The molecule has 0 radical (unpaired) electrons. The van der Waals surface area contributed by atoms with Crippen molar-refractivity contribution >= 4 is 51.0 Å². The third-order valence-corrected chi connectivity index (χ3v) is 5.43. The second-order valence-electron chi connectivity index (χ2n) is 6.22. The second kappa shape index (κ2) is 8.82. The highest BCUT2D eigenvalue weighted by atomic mass is 35.5. The number of aliphatic imine (C=N–C) groups is 1. The lowest BCUT2D eigenvalue weighted by atomic mass is 9.70. The molecule has 0 amide bonds. The number of nitrogens with zero attached hydrogens (tertiary/aromatic N) is 1. The Bertz CT molecular complexity index is 445. The van der Waals surface area contributed by atoms with Crippen molar-refractivity contribution in [1.82, 2.24) is 0 Å². The van der Waals surface area contributed by atoms with Gasteiger partial charge in [-0.3, -0.25) is 4.99 Å². The van der Waals surface area contributed by atoms with Crippen LogP contribution in [0.25, 0.3) is 0 Å². The number of hydrogen-bond donors (Lipinski definition) is 0. The number of allylic oxidation sites excluding steroid dienone is 3. The van der Waals surface area contributed by atoms with Crippen molar-refractivity contribution in [3.63, 3.8) is 0 Å². The number of alkyl halides is 1. The third-order valence-electron chi connectivity index (χ3n) is 4.06. The maximum absolute atomic E-state index is 6.58. The summed E-state index contributed by atoms with van der Waals surface area (Å²) in [5.74, 6) is 0. The average Bonchev–Trinajstić information content (AvgIpc) is 2.39. The van der Waals surface area contributed by atoms with E-state index in [4.69, 9.17) is 46.4 Å². The van der Waals surface area contributed by atoms with E-state index in [-0.39, 0.29) is 15.4 Å². The van der Waals surface area contributed by atoms with E-state index in [9.17, 15) is 0 Å². The maximum Gasteiger partial charge on any atom is 0.192 e. The van der Waals surface area contributed by atoms with E-state index in [1.807, 2.05) is 0 Å². The smallest absolute Gasteiger partial charge is 0.192 e. The lowest BCUT2D eigenvalue weighted by molar-refractivity contribution is 0.244. The van der Waals surface area contributed by atoms with Crippen LogP contribution in [0.2, 0.25) is 0 Å². The van der Waals surface area contributed by atoms with Crippen LogP contribution in [-0.4, -0.2) is 16.6 Å². The molecule has 0 N–H and O–H groups in total. The Labute approximate surface area is 148 Å². The summed E-state index contributed by atoms with van der Waals surface area (Å²) in [5.41, 5.74) is 2.67. The zero-order chi connectivity index (χ0) is 16.0. The van der Waals surface area contributed by atoms with E-state index in [0.717, 1.165) is 37.1 Å². The highest BCUT2D eigenvalue weighted by Crippen LogP contribution is 2.46. The minimum absolute atomic E-state index is 0.0195. The number of hydrogen-bond acceptors (Lipinski definition) is 1. The van der Waals surface area contributed by atoms with E-state index in [2.05, 4.69) is 31.8 Å². The van der Waals surface area contributed by atoms with E-state index in [0.29, 0.717) is 6.54 Å². The molecule has 0 bridgehead atoms. The van der Waals surface area contributed by atoms with Gasteiger partial charge in [0, 0.05) is 10.4 Å². The first kappa shape index (κ1) is 19.4. The molecular formula is C16H23Cl4N. The first-order chi connectivity index (χ1) is 9.74. The molecule has 0 aromatic heterocycles. The molecule has 0 aromatic carbocycles. The molecule has 5 heteroatoms. The summed E-state index contributed by atoms with van der Waals surface area (Å²) >= 11 is 24.0. The van der Waals surface area contributed by atoms with Gasteiger partial charge in [0.25, 0.3) is 0 Å². The number of halogens is 4. The monoisotopic (exact) mass is 369 g/mol. The van der Waals surface area contributed by atoms with Crippen LogP contribution >= 0.6 is 46.4 Å². The summed E-state index contributed by atoms with van der Waals surface area (Å²) < 4.78 is 0.0195. The summed E-state index contributed by atoms with van der Waals surface area (Å²) in [6, 6.07) is 0. The normalized spacial score (nSPS) is 28.0. The molecule has 120 valence electrons. The van der Waals surface area contributed by atoms with Gasteiger partial charge in [0.05, 0.1) is 6.54 Å². The Balaban J connectivity index is 2.78. The Kier molecular flexibility index (Phi) is 8.13. The van der Waals surface area contributed by atoms with Crippen LogP contribution in [0.1, 0.15) is 52.9 Å². The molecular weight excluding hydrogens is 348 g/mol. The van der Waals surface area contributed by atoms with Gasteiger partial charge in [-0.25, -0.2) is 0 Å². The molecule has 0 aliphatic heterocycles. The van der Waals surface area contributed by atoms with Gasteiger partial charge in [-0.05, 0) is 74.6 Å². The van der Waals surface area contributed by atoms with E-state index >= 15 is 0 Å². The fourth-order valence-corrected chi connectivity index (χ4v) is 3.38. The van der Waals surface area contributed by atoms with E-state index in [1.54, 1.807) is 0 Å². The topological polar surface area (TPSA) is 12.4 Å². The van der Waals surface area contributed by atoms with Crippen molar-refractivity contribution < 1.29 is 0 Å². The van der Waals surface area contributed by atoms with Gasteiger partial charge in [-0.2, -0.15) is 0 Å². The molecule has 0 saturated heterocycles. The van der Waals surface area contributed by atoms with Gasteiger partial charge in [0.1, 0.15) is 0 Å². The molecule has 21 heavy (non-hydrogen) atoms. The van der Waals surface area contributed by atoms with Gasteiger partial charge in [0.2, 0.25) is 0 Å². The Morgan fingerprint density at radius 1 is 1.33 bits per heavy atom. The minimum atomic E-state index is 0.0195. The van der Waals surface area contributed by atoms with Crippen molar-refractivity contribution in [3.8, 4) is 0 Å². The summed E-state index contributed by atoms with van der Waals surface area (Å²) in [7, 11) is 0. The summed E-state index contributed by atoms with van der Waals surface area (Å²) in [5, 5.41) is 0.946. The van der Waals surface area contributed by atoms with Crippen LogP contribution < -0.4 is 0 Å². The quantitative estimate of drug-likeness (QED) is 0.285. The Hall–Kier alpha value is 0.310. The van der Waals surface area contributed by atoms with E-state index in [1.165, 1.54) is 11.1 Å². The summed E-state index contributed by atoms with van der Waals surface area (Å²) in [6.07, 6.45) is 7.20. The molecule has 1 rings (SSSR count). The van der Waals surface area contributed by atoms with Crippen molar-refractivity contribution in [2.45, 2.75) is 58.3 Å². The summed E-state index contributed by atoms with van der Waals surface area (Å²) in [4.78, 5) is 3.97. The van der Waals surface area contributed by atoms with Crippen LogP contribution in [0.3, 0.4) is 0 Å². The van der Waals surface area contributed by atoms with Gasteiger partial charge < -0.3 is 0 Å². The Morgan fingerprint density at radius 3 is 2.57 bits per heavy atom. The lowest BCUT2D eigenvalue weighted by Crippen LogP contribution is -2.33. The average molecular weight is 371 g/mol. The predicted molar refractivity (Wildman–Crippen MR) is 97.2 cm³/mol. The molecule has 1 saturated carbocycles. The zero-order valence-corrected chi connectivity index (χ0v) is 15.9. The molecule has 2 atom stereocenters. The zero-order valence-electron chi connectivity index (χ0n) is 12.9. The van der Waals surface area contributed by atoms with Gasteiger partial charge in [0.15, 0.2) is 4.63 Å². The largest absolute Gasteiger partial charge is 0.257 e. The second-order valence-corrected chi connectivity index (χ2v) is 8.11. The van der Waals surface area contributed by atoms with Crippen LogP contribution in [0.15, 0.2) is 27.2 Å². The summed E-state index contributed by atoms with van der Waals surface area (Å²) in [6.45, 7) is 6.86. The SMILES string of the molecule is CC(C)=CCC[C@]1(C)C/C(=C(/Cl)CN=C(Cl)Cl)CC[C@H]1Cl. The van der Waals surface area contributed by atoms with Crippen molar-refractivity contribution in [3.05, 3.63) is 22.3 Å². The molecule has 1 aliphatic rings. The lowest BCUT2D eigenvalue weighted by Gasteiger charge is -2.40. The van der Waals surface area contributed by atoms with Crippen LogP contribution in [0.4, 0.5) is 0 Å². The highest BCUT2D eigenvalue weighted by molar-refractivity contribution is 6.95. The highest BCUT2D eigenvalue weighted by Gasteiger charge is 2.37. The molecule has 0 aromatic rings. The van der Waals surface area contributed by atoms with Gasteiger partial charge in [-0.15, -0.1) is 11.6 Å². The minimum Gasteiger partial charge on any atom is -0.257 e. The fraction of sp³-hybridized carbons (Fsp3) is 0.688. The van der Waals surface area contributed by atoms with Crippen molar-refractivity contribution in [2.75, 3.05) is 6.54 Å². The number of rotatable bonds is 5. The van der Waals surface area contributed by atoms with Gasteiger partial charge in [-0.1, -0.05) is 35.7 Å². The standard InChI is InChI=1S/C16H23Cl4N/c1-11(2)5-4-8-16(3)9-12(6-7-14(16)18)13(17)10-21-15(19)20/h5,14H,4,6-10H2,1-3H3/b13-12+/t14-,16-/m1/s1. The molecule has 1 fully saturated rings. The predicted octanol–water partition coefficient (Wildman–Crippen LogP) is 6.86. The van der Waals surface area contributed by atoms with Crippen LogP contribution in [0.5, 0.6) is 0 Å². The Morgan fingerprint density at radius 2 is 2.00 bits per heavy atom. The molecule has 0 heterocycles.